The zero-order chi connectivity index (χ0) is 22.9. The van der Waals surface area contributed by atoms with Crippen molar-refractivity contribution in [1.29, 1.82) is 0 Å². The zero-order valence-corrected chi connectivity index (χ0v) is 19.5. The number of likely N-dealkylation sites (N-methyl/N-ethyl adjacent to an activating group) is 1. The first-order valence-corrected chi connectivity index (χ1v) is 11.3. The predicted octanol–water partition coefficient (Wildman–Crippen LogP) is 3.69. The highest BCUT2D eigenvalue weighted by Gasteiger charge is 2.54. The maximum Gasteiger partial charge on any atom is 0.324 e. The number of hydrogen-bond donors (Lipinski definition) is 1. The van der Waals surface area contributed by atoms with E-state index in [0.717, 1.165) is 43.8 Å². The number of ether oxygens (including phenoxy) is 1. The molecule has 2 aromatic rings. The summed E-state index contributed by atoms with van der Waals surface area (Å²) in [5.41, 5.74) is 4.04. The Bertz CT molecular complexity index is 1010. The van der Waals surface area contributed by atoms with E-state index < -0.39 is 5.54 Å². The minimum Gasteiger partial charge on any atom is -0.497 e. The Labute approximate surface area is 190 Å². The van der Waals surface area contributed by atoms with E-state index in [-0.39, 0.29) is 17.9 Å². The second kappa shape index (κ2) is 8.94. The molecule has 170 valence electrons. The highest BCUT2D eigenvalue weighted by atomic mass is 16.5. The highest BCUT2D eigenvalue weighted by molar-refractivity contribution is 6.07. The molecule has 0 radical (unpaired) electrons. The van der Waals surface area contributed by atoms with E-state index in [2.05, 4.69) is 42.3 Å². The molecule has 0 spiro atoms. The van der Waals surface area contributed by atoms with Gasteiger partial charge in [0.25, 0.3) is 5.91 Å². The Morgan fingerprint density at radius 3 is 2.41 bits per heavy atom. The number of nitrogens with zero attached hydrogens (tertiary/aromatic N) is 2. The summed E-state index contributed by atoms with van der Waals surface area (Å²) < 4.78 is 5.36. The second-order valence-electron chi connectivity index (χ2n) is 9.26. The number of piperidine rings is 1. The molecule has 0 saturated carbocycles. The second-order valence-corrected chi connectivity index (χ2v) is 9.26. The van der Waals surface area contributed by atoms with Crippen molar-refractivity contribution in [3.05, 3.63) is 64.7 Å². The van der Waals surface area contributed by atoms with Gasteiger partial charge in [0.15, 0.2) is 0 Å². The largest absolute Gasteiger partial charge is 0.497 e. The first-order valence-electron chi connectivity index (χ1n) is 11.3. The molecule has 2 heterocycles. The van der Waals surface area contributed by atoms with Crippen molar-refractivity contribution in [1.82, 2.24) is 15.1 Å². The lowest BCUT2D eigenvalue weighted by Gasteiger charge is -2.41. The van der Waals surface area contributed by atoms with Gasteiger partial charge in [-0.2, -0.15) is 0 Å². The Morgan fingerprint density at radius 1 is 1.03 bits per heavy atom. The van der Waals surface area contributed by atoms with Gasteiger partial charge in [-0.05, 0) is 80.1 Å². The molecule has 2 aliphatic rings. The summed E-state index contributed by atoms with van der Waals surface area (Å²) in [7, 11) is 3.20. The van der Waals surface area contributed by atoms with Gasteiger partial charge in [-0.25, -0.2) is 4.79 Å². The van der Waals surface area contributed by atoms with Gasteiger partial charge in [0.2, 0.25) is 0 Å². The minimum absolute atomic E-state index is 0.0890. The molecule has 3 amide bonds. The molecule has 2 saturated heterocycles. The van der Waals surface area contributed by atoms with Crippen LogP contribution < -0.4 is 10.1 Å². The minimum atomic E-state index is -0.898. The molecule has 0 aliphatic carbocycles. The van der Waals surface area contributed by atoms with E-state index >= 15 is 0 Å². The Morgan fingerprint density at radius 2 is 1.78 bits per heavy atom. The number of rotatable bonds is 6. The quantitative estimate of drug-likeness (QED) is 0.703. The molecule has 32 heavy (non-hydrogen) atoms. The van der Waals surface area contributed by atoms with Gasteiger partial charge in [0, 0.05) is 20.0 Å². The predicted molar refractivity (Wildman–Crippen MR) is 125 cm³/mol. The summed E-state index contributed by atoms with van der Waals surface area (Å²) in [5, 5.41) is 3.08. The monoisotopic (exact) mass is 435 g/mol. The molecule has 0 aromatic heterocycles. The number of likely N-dealkylation sites (tertiary alicyclic amines) is 1. The van der Waals surface area contributed by atoms with Crippen LogP contribution in [0.4, 0.5) is 4.79 Å². The number of methoxy groups -OCH3 is 1. The molecular formula is C26H33N3O3. The van der Waals surface area contributed by atoms with Gasteiger partial charge in [-0.3, -0.25) is 14.6 Å². The molecule has 1 N–H and O–H groups in total. The molecule has 2 aromatic carbocycles. The fraction of sp³-hybridized carbons (Fsp3) is 0.462. The van der Waals surface area contributed by atoms with Crippen molar-refractivity contribution < 1.29 is 14.3 Å². The molecule has 6 nitrogen and oxygen atoms in total. The fourth-order valence-electron chi connectivity index (χ4n) is 5.11. The van der Waals surface area contributed by atoms with E-state index in [9.17, 15) is 9.59 Å². The van der Waals surface area contributed by atoms with Crippen LogP contribution in [0.3, 0.4) is 0 Å². The smallest absolute Gasteiger partial charge is 0.324 e. The maximum absolute atomic E-state index is 13.3. The van der Waals surface area contributed by atoms with Crippen LogP contribution in [0.2, 0.25) is 0 Å². The van der Waals surface area contributed by atoms with Crippen LogP contribution in [0, 0.1) is 19.8 Å². The van der Waals surface area contributed by atoms with E-state index in [4.69, 9.17) is 4.74 Å². The number of nitrogens with one attached hydrogen (secondary N) is 1. The van der Waals surface area contributed by atoms with Crippen LogP contribution in [-0.2, 0) is 17.8 Å². The number of imide groups is 1. The average molecular weight is 436 g/mol. The van der Waals surface area contributed by atoms with Gasteiger partial charge < -0.3 is 10.1 Å². The topological polar surface area (TPSA) is 61.9 Å². The van der Waals surface area contributed by atoms with Crippen molar-refractivity contribution >= 4 is 11.9 Å². The summed E-state index contributed by atoms with van der Waals surface area (Å²) in [5.74, 6) is 0.718. The summed E-state index contributed by atoms with van der Waals surface area (Å²) in [6.45, 7) is 7.01. The van der Waals surface area contributed by atoms with Gasteiger partial charge >= 0.3 is 6.03 Å². The zero-order valence-electron chi connectivity index (χ0n) is 19.5. The first-order chi connectivity index (χ1) is 15.3. The lowest BCUT2D eigenvalue weighted by atomic mass is 9.74. The van der Waals surface area contributed by atoms with Gasteiger partial charge in [-0.1, -0.05) is 30.3 Å². The maximum atomic E-state index is 13.3. The van der Waals surface area contributed by atoms with E-state index in [1.54, 1.807) is 14.2 Å². The number of amides is 3. The molecule has 0 unspecified atom stereocenters. The number of benzene rings is 2. The summed E-state index contributed by atoms with van der Waals surface area (Å²) >= 11 is 0. The Kier molecular flexibility index (Phi) is 6.24. The third-order valence-electron chi connectivity index (χ3n) is 7.20. The van der Waals surface area contributed by atoms with Crippen molar-refractivity contribution in [2.75, 3.05) is 27.2 Å². The standard InChI is InChI=1S/C26H33N3O3/c1-18-8-9-21(14-19(18)2)17-29-12-10-22(11-13-29)26(24(30)28(3)25(31)27-26)16-20-6-5-7-23(15-20)32-4/h5-9,14-15,22H,10-13,16-17H2,1-4H3,(H,27,31)/t26-/m1/s1. The number of carbonyl (C=O) groups is 2. The molecule has 0 bridgehead atoms. The summed E-state index contributed by atoms with van der Waals surface area (Å²) in [6, 6.07) is 14.1. The van der Waals surface area contributed by atoms with Crippen LogP contribution in [0.25, 0.3) is 0 Å². The van der Waals surface area contributed by atoms with Crippen LogP contribution in [0.15, 0.2) is 42.5 Å². The first kappa shape index (κ1) is 22.3. The lowest BCUT2D eigenvalue weighted by molar-refractivity contribution is -0.133. The lowest BCUT2D eigenvalue weighted by Crippen LogP contribution is -2.57. The van der Waals surface area contributed by atoms with Gasteiger partial charge in [0.1, 0.15) is 11.3 Å². The van der Waals surface area contributed by atoms with Crippen LogP contribution in [0.5, 0.6) is 5.75 Å². The molecule has 2 aliphatic heterocycles. The van der Waals surface area contributed by atoms with Crippen LogP contribution in [-0.4, -0.2) is 54.5 Å². The van der Waals surface area contributed by atoms with Crippen molar-refractivity contribution in [3.63, 3.8) is 0 Å². The van der Waals surface area contributed by atoms with E-state index in [1.165, 1.54) is 21.6 Å². The Hall–Kier alpha value is -2.86. The molecule has 2 fully saturated rings. The van der Waals surface area contributed by atoms with Crippen LogP contribution in [0.1, 0.15) is 35.1 Å². The van der Waals surface area contributed by atoms with Crippen LogP contribution >= 0.6 is 0 Å². The normalized spacial score (nSPS) is 22.3. The fourth-order valence-corrected chi connectivity index (χ4v) is 5.11. The molecule has 6 heteroatoms. The van der Waals surface area contributed by atoms with E-state index in [0.29, 0.717) is 6.42 Å². The third kappa shape index (κ3) is 4.24. The Balaban J connectivity index is 1.51. The SMILES string of the molecule is COc1cccc(C[C@]2(C3CCN(Cc4ccc(C)c(C)c4)CC3)NC(=O)N(C)C2=O)c1. The van der Waals surface area contributed by atoms with Crippen molar-refractivity contribution in [3.8, 4) is 5.75 Å². The number of carbonyl (C=O) groups excluding carboxylic acids is 2. The average Bonchev–Trinajstić information content (AvgIpc) is 3.01. The third-order valence-corrected chi connectivity index (χ3v) is 7.20. The number of aryl methyl sites for hydroxylation is 2. The van der Waals surface area contributed by atoms with Gasteiger partial charge in [0.05, 0.1) is 7.11 Å². The summed E-state index contributed by atoms with van der Waals surface area (Å²) in [4.78, 5) is 29.5. The number of hydrogen-bond acceptors (Lipinski definition) is 4. The molecule has 1 atom stereocenters. The number of urea groups is 1. The van der Waals surface area contributed by atoms with E-state index in [1.807, 2.05) is 24.3 Å². The highest BCUT2D eigenvalue weighted by Crippen LogP contribution is 2.37. The van der Waals surface area contributed by atoms with Crippen molar-refractivity contribution in [2.45, 2.75) is 45.2 Å². The molecular weight excluding hydrogens is 402 g/mol. The molecule has 4 rings (SSSR count). The van der Waals surface area contributed by atoms with Gasteiger partial charge in [-0.15, -0.1) is 0 Å². The van der Waals surface area contributed by atoms with Crippen molar-refractivity contribution in [2.24, 2.45) is 5.92 Å². The summed E-state index contributed by atoms with van der Waals surface area (Å²) in [6.07, 6.45) is 2.21.